The van der Waals surface area contributed by atoms with Crippen molar-refractivity contribution in [1.29, 1.82) is 0 Å². The maximum Gasteiger partial charge on any atom is 0.106 e. The highest BCUT2D eigenvalue weighted by atomic mass is 79.9. The molecule has 0 fully saturated rings. The first-order chi connectivity index (χ1) is 8.32. The van der Waals surface area contributed by atoms with E-state index in [0.29, 0.717) is 16.9 Å². The van der Waals surface area contributed by atoms with Crippen molar-refractivity contribution in [3.63, 3.8) is 0 Å². The minimum atomic E-state index is 0.445. The molecule has 2 nitrogen and oxygen atoms in total. The topological polar surface area (TPSA) is 29.3 Å². The van der Waals surface area contributed by atoms with Gasteiger partial charge in [0.25, 0.3) is 0 Å². The van der Waals surface area contributed by atoms with Crippen LogP contribution < -0.4 is 10.6 Å². The number of nitrogens with two attached hydrogens (primary N) is 1. The number of anilines is 1. The Morgan fingerprint density at radius 2 is 2.00 bits per heavy atom. The first-order valence-corrected chi connectivity index (χ1v) is 7.35. The Balaban J connectivity index is 3.06. The van der Waals surface area contributed by atoms with Gasteiger partial charge in [0.2, 0.25) is 0 Å². The number of rotatable bonds is 5. The van der Waals surface area contributed by atoms with Crippen molar-refractivity contribution in [3.8, 4) is 0 Å². The zero-order valence-electron chi connectivity index (χ0n) is 11.4. The zero-order chi connectivity index (χ0) is 13.9. The fraction of sp³-hybridized carbons (Fsp3) is 0.500. The smallest absolute Gasteiger partial charge is 0.106 e. The summed E-state index contributed by atoms with van der Waals surface area (Å²) in [6, 6.07) is 6.47. The first kappa shape index (κ1) is 15.4. The predicted molar refractivity (Wildman–Crippen MR) is 87.3 cm³/mol. The van der Waals surface area contributed by atoms with Gasteiger partial charge in [0, 0.05) is 28.8 Å². The maximum atomic E-state index is 5.79. The van der Waals surface area contributed by atoms with Crippen LogP contribution in [-0.4, -0.2) is 18.1 Å². The van der Waals surface area contributed by atoms with Gasteiger partial charge in [0.05, 0.1) is 0 Å². The fourth-order valence-electron chi connectivity index (χ4n) is 2.08. The molecule has 0 aliphatic rings. The summed E-state index contributed by atoms with van der Waals surface area (Å²) in [6.45, 7) is 6.70. The first-order valence-electron chi connectivity index (χ1n) is 6.15. The van der Waals surface area contributed by atoms with Gasteiger partial charge >= 0.3 is 0 Å². The van der Waals surface area contributed by atoms with Crippen LogP contribution in [0.1, 0.15) is 32.8 Å². The molecule has 0 heterocycles. The van der Waals surface area contributed by atoms with Gasteiger partial charge in [-0.05, 0) is 37.5 Å². The number of hydrogen-bond donors (Lipinski definition) is 1. The molecular weight excluding hydrogens is 308 g/mol. The number of nitrogens with zero attached hydrogens (tertiary/aromatic N) is 1. The van der Waals surface area contributed by atoms with Crippen LogP contribution in [0.4, 0.5) is 5.69 Å². The molecule has 1 atom stereocenters. The van der Waals surface area contributed by atoms with Crippen molar-refractivity contribution in [3.05, 3.63) is 28.2 Å². The van der Waals surface area contributed by atoms with Crippen LogP contribution in [0.5, 0.6) is 0 Å². The Hall–Kier alpha value is -0.610. The Morgan fingerprint density at radius 3 is 2.50 bits per heavy atom. The summed E-state index contributed by atoms with van der Waals surface area (Å²) >= 11 is 8.63. The van der Waals surface area contributed by atoms with Crippen LogP contribution >= 0.6 is 28.1 Å². The number of halogens is 1. The second-order valence-corrected chi connectivity index (χ2v) is 6.47. The van der Waals surface area contributed by atoms with Crippen LogP contribution in [0.25, 0.3) is 0 Å². The largest absolute Gasteiger partial charge is 0.389 e. The molecule has 0 saturated carbocycles. The average Bonchev–Trinajstić information content (AvgIpc) is 2.26. The predicted octanol–water partition coefficient (Wildman–Crippen LogP) is 3.95. The third-order valence-corrected chi connectivity index (χ3v) is 3.79. The van der Waals surface area contributed by atoms with E-state index in [-0.39, 0.29) is 0 Å². The van der Waals surface area contributed by atoms with Crippen LogP contribution in [0.3, 0.4) is 0 Å². The van der Waals surface area contributed by atoms with Gasteiger partial charge in [-0.2, -0.15) is 0 Å². The summed E-state index contributed by atoms with van der Waals surface area (Å²) in [6.07, 6.45) is 1.14. The van der Waals surface area contributed by atoms with Crippen LogP contribution in [0, 0.1) is 5.92 Å². The van der Waals surface area contributed by atoms with Crippen LogP contribution in [0.15, 0.2) is 22.7 Å². The molecule has 2 N–H and O–H groups in total. The van der Waals surface area contributed by atoms with E-state index < -0.39 is 0 Å². The lowest BCUT2D eigenvalue weighted by Gasteiger charge is -2.30. The Kier molecular flexibility index (Phi) is 5.60. The Morgan fingerprint density at radius 1 is 1.39 bits per heavy atom. The molecule has 0 bridgehead atoms. The molecule has 0 amide bonds. The summed E-state index contributed by atoms with van der Waals surface area (Å²) in [5, 5.41) is 0. The van der Waals surface area contributed by atoms with Gasteiger partial charge in [-0.3, -0.25) is 0 Å². The van der Waals surface area contributed by atoms with E-state index in [0.717, 1.165) is 22.1 Å². The number of hydrogen-bond acceptors (Lipinski definition) is 2. The number of benzene rings is 1. The maximum absolute atomic E-state index is 5.79. The molecular formula is C14H21BrN2S. The van der Waals surface area contributed by atoms with Crippen molar-refractivity contribution in [2.75, 3.05) is 11.9 Å². The molecule has 0 aliphatic heterocycles. The van der Waals surface area contributed by atoms with E-state index in [1.165, 1.54) is 0 Å². The molecule has 1 unspecified atom stereocenters. The normalized spacial score (nSPS) is 12.6. The third-order valence-electron chi connectivity index (χ3n) is 3.08. The summed E-state index contributed by atoms with van der Waals surface area (Å²) in [5.41, 5.74) is 7.82. The van der Waals surface area contributed by atoms with E-state index in [2.05, 4.69) is 54.7 Å². The van der Waals surface area contributed by atoms with Crippen molar-refractivity contribution in [2.45, 2.75) is 33.2 Å². The quantitative estimate of drug-likeness (QED) is 0.829. The molecule has 1 aromatic carbocycles. The SMILES string of the molecule is CC(C)CC(C)N(C)c1cc(Br)ccc1C(N)=S. The Labute approximate surface area is 124 Å². The van der Waals surface area contributed by atoms with E-state index in [9.17, 15) is 0 Å². The average molecular weight is 329 g/mol. The van der Waals surface area contributed by atoms with Crippen molar-refractivity contribution in [2.24, 2.45) is 11.7 Å². The monoisotopic (exact) mass is 328 g/mol. The zero-order valence-corrected chi connectivity index (χ0v) is 13.8. The van der Waals surface area contributed by atoms with Gasteiger partial charge in [-0.15, -0.1) is 0 Å². The molecule has 1 rings (SSSR count). The molecule has 100 valence electrons. The summed E-state index contributed by atoms with van der Waals surface area (Å²) in [4.78, 5) is 2.69. The highest BCUT2D eigenvalue weighted by Crippen LogP contribution is 2.27. The minimum absolute atomic E-state index is 0.445. The van der Waals surface area contributed by atoms with Crippen molar-refractivity contribution in [1.82, 2.24) is 0 Å². The van der Waals surface area contributed by atoms with E-state index >= 15 is 0 Å². The van der Waals surface area contributed by atoms with Crippen molar-refractivity contribution >= 4 is 38.8 Å². The van der Waals surface area contributed by atoms with Gasteiger partial charge in [0.15, 0.2) is 0 Å². The van der Waals surface area contributed by atoms with E-state index in [4.69, 9.17) is 18.0 Å². The van der Waals surface area contributed by atoms with Crippen molar-refractivity contribution < 1.29 is 0 Å². The van der Waals surface area contributed by atoms with E-state index in [1.54, 1.807) is 0 Å². The van der Waals surface area contributed by atoms with Gasteiger partial charge in [-0.25, -0.2) is 0 Å². The molecule has 0 spiro atoms. The second kappa shape index (κ2) is 6.53. The molecule has 0 aliphatic carbocycles. The summed E-state index contributed by atoms with van der Waals surface area (Å²) in [7, 11) is 2.09. The Bertz CT molecular complexity index is 432. The standard InChI is InChI=1S/C14H21BrN2S/c1-9(2)7-10(3)17(4)13-8-11(15)5-6-12(13)14(16)18/h5-6,8-10H,7H2,1-4H3,(H2,16,18). The van der Waals surface area contributed by atoms with E-state index in [1.807, 2.05) is 12.1 Å². The van der Waals surface area contributed by atoms with Crippen LogP contribution in [-0.2, 0) is 0 Å². The third kappa shape index (κ3) is 3.95. The molecule has 0 radical (unpaired) electrons. The summed E-state index contributed by atoms with van der Waals surface area (Å²) in [5.74, 6) is 0.669. The molecule has 0 saturated heterocycles. The lowest BCUT2D eigenvalue weighted by Crippen LogP contribution is -2.32. The fourth-order valence-corrected chi connectivity index (χ4v) is 2.60. The molecule has 18 heavy (non-hydrogen) atoms. The molecule has 0 aromatic heterocycles. The number of thiocarbonyl (C=S) groups is 1. The van der Waals surface area contributed by atoms with Gasteiger partial charge in [0.1, 0.15) is 4.99 Å². The highest BCUT2D eigenvalue weighted by molar-refractivity contribution is 9.10. The lowest BCUT2D eigenvalue weighted by atomic mass is 10.0. The van der Waals surface area contributed by atoms with Gasteiger partial charge in [-0.1, -0.05) is 42.0 Å². The minimum Gasteiger partial charge on any atom is -0.389 e. The molecule has 4 heteroatoms. The second-order valence-electron chi connectivity index (χ2n) is 5.12. The summed E-state index contributed by atoms with van der Waals surface area (Å²) < 4.78 is 1.04. The lowest BCUT2D eigenvalue weighted by molar-refractivity contribution is 0.504. The van der Waals surface area contributed by atoms with Gasteiger partial charge < -0.3 is 10.6 Å². The molecule has 1 aromatic rings. The highest BCUT2D eigenvalue weighted by Gasteiger charge is 2.16. The van der Waals surface area contributed by atoms with Crippen LogP contribution in [0.2, 0.25) is 0 Å².